The molecule has 0 fully saturated rings. The van der Waals surface area contributed by atoms with E-state index in [0.29, 0.717) is 5.71 Å². The molecule has 5 heteroatoms. The van der Waals surface area contributed by atoms with E-state index in [0.717, 1.165) is 77.3 Å². The average Bonchev–Trinajstić information content (AvgIpc) is 3.91. The van der Waals surface area contributed by atoms with Gasteiger partial charge in [-0.15, -0.1) is 0 Å². The summed E-state index contributed by atoms with van der Waals surface area (Å²) in [4.78, 5) is 11.0. The van der Waals surface area contributed by atoms with Crippen LogP contribution in [0.25, 0.3) is 126 Å². The normalized spacial score (nSPS) is 12.4. The van der Waals surface area contributed by atoms with E-state index >= 15 is 0 Å². The van der Waals surface area contributed by atoms with Crippen LogP contribution in [0.1, 0.15) is 0 Å². The summed E-state index contributed by atoms with van der Waals surface area (Å²) < 4.78 is 15.2. The fourth-order valence-corrected chi connectivity index (χ4v) is 9.24. The SMILES string of the molecule is c1ccc2cc3c(cc2c1)c1c2c4ccccc4c4ccccc4c2ccc1n3-c1nc2c(nc1-c1cccc3oc4ccccc4c13)oc1ccccc12. The molecule has 0 N–H and O–H groups in total. The molecule has 0 bridgehead atoms. The summed E-state index contributed by atoms with van der Waals surface area (Å²) in [7, 11) is 0. The lowest BCUT2D eigenvalue weighted by Crippen LogP contribution is -2.03. The Hall–Kier alpha value is -7.50. The predicted octanol–water partition coefficient (Wildman–Crippen LogP) is 13.7. The highest BCUT2D eigenvalue weighted by atomic mass is 16.3. The van der Waals surface area contributed by atoms with Crippen molar-refractivity contribution in [2.75, 3.05) is 0 Å². The zero-order chi connectivity index (χ0) is 35.8. The predicted molar refractivity (Wildman–Crippen MR) is 226 cm³/mol. The zero-order valence-electron chi connectivity index (χ0n) is 29.2. The summed E-state index contributed by atoms with van der Waals surface area (Å²) in [6, 6.07) is 57.9. The van der Waals surface area contributed by atoms with E-state index in [1.54, 1.807) is 0 Å². The Kier molecular flexibility index (Phi) is 5.57. The van der Waals surface area contributed by atoms with E-state index < -0.39 is 0 Å². The monoisotopic (exact) mass is 701 g/mol. The van der Waals surface area contributed by atoms with Crippen molar-refractivity contribution < 1.29 is 8.83 Å². The van der Waals surface area contributed by atoms with E-state index in [1.807, 2.05) is 42.5 Å². The van der Waals surface area contributed by atoms with Gasteiger partial charge in [-0.05, 0) is 80.2 Å². The van der Waals surface area contributed by atoms with Crippen molar-refractivity contribution in [3.05, 3.63) is 164 Å². The maximum Gasteiger partial charge on any atom is 0.247 e. The van der Waals surface area contributed by atoms with Gasteiger partial charge in [0.2, 0.25) is 5.71 Å². The van der Waals surface area contributed by atoms with Crippen molar-refractivity contribution >= 4 is 109 Å². The first-order valence-electron chi connectivity index (χ1n) is 18.6. The van der Waals surface area contributed by atoms with Gasteiger partial charge in [0, 0.05) is 37.9 Å². The molecule has 0 aliphatic carbocycles. The smallest absolute Gasteiger partial charge is 0.247 e. The number of rotatable bonds is 2. The Balaban J connectivity index is 1.28. The maximum absolute atomic E-state index is 6.44. The van der Waals surface area contributed by atoms with Crippen LogP contribution in [0.4, 0.5) is 0 Å². The molecule has 254 valence electrons. The fourth-order valence-electron chi connectivity index (χ4n) is 9.24. The summed E-state index contributed by atoms with van der Waals surface area (Å²) >= 11 is 0. The van der Waals surface area contributed by atoms with Gasteiger partial charge in [-0.25, -0.2) is 9.97 Å². The topological polar surface area (TPSA) is 57.0 Å². The lowest BCUT2D eigenvalue weighted by molar-refractivity contribution is 0.653. The van der Waals surface area contributed by atoms with Gasteiger partial charge in [0.15, 0.2) is 5.82 Å². The minimum atomic E-state index is 0.499. The number of aromatic nitrogens is 3. The number of benzene rings is 9. The molecule has 55 heavy (non-hydrogen) atoms. The molecular weight excluding hydrogens is 675 g/mol. The molecule has 0 spiro atoms. The Morgan fingerprint density at radius 3 is 1.76 bits per heavy atom. The third-order valence-corrected chi connectivity index (χ3v) is 11.6. The van der Waals surface area contributed by atoms with Crippen molar-refractivity contribution in [3.8, 4) is 17.1 Å². The van der Waals surface area contributed by atoms with Gasteiger partial charge in [-0.2, -0.15) is 0 Å². The summed E-state index contributed by atoms with van der Waals surface area (Å²) in [5.41, 5.74) is 7.39. The van der Waals surface area contributed by atoms with Gasteiger partial charge >= 0.3 is 0 Å². The molecule has 4 heterocycles. The largest absolute Gasteiger partial charge is 0.456 e. The van der Waals surface area contributed by atoms with Crippen LogP contribution in [0, 0.1) is 0 Å². The maximum atomic E-state index is 6.44. The van der Waals surface area contributed by atoms with Crippen LogP contribution in [-0.2, 0) is 0 Å². The van der Waals surface area contributed by atoms with E-state index in [2.05, 4.69) is 126 Å². The van der Waals surface area contributed by atoms with Gasteiger partial charge < -0.3 is 8.83 Å². The van der Waals surface area contributed by atoms with Crippen molar-refractivity contribution in [3.63, 3.8) is 0 Å². The number of fused-ring (bicyclic) bond motifs is 17. The Morgan fingerprint density at radius 2 is 0.982 bits per heavy atom. The van der Waals surface area contributed by atoms with Crippen molar-refractivity contribution in [2.24, 2.45) is 0 Å². The van der Waals surface area contributed by atoms with Gasteiger partial charge in [0.1, 0.15) is 28.0 Å². The van der Waals surface area contributed by atoms with Crippen molar-refractivity contribution in [1.29, 1.82) is 0 Å². The average molecular weight is 702 g/mol. The number of hydrogen-bond donors (Lipinski definition) is 0. The molecule has 0 amide bonds. The molecule has 0 saturated carbocycles. The first-order chi connectivity index (χ1) is 27.3. The van der Waals surface area contributed by atoms with Crippen LogP contribution in [0.3, 0.4) is 0 Å². The van der Waals surface area contributed by atoms with Crippen LogP contribution in [0.15, 0.2) is 173 Å². The van der Waals surface area contributed by atoms with E-state index in [9.17, 15) is 0 Å². The molecule has 4 aromatic heterocycles. The molecule has 13 rings (SSSR count). The van der Waals surface area contributed by atoms with Crippen molar-refractivity contribution in [2.45, 2.75) is 0 Å². The van der Waals surface area contributed by atoms with Gasteiger partial charge in [-0.1, -0.05) is 121 Å². The second kappa shape index (κ2) is 10.6. The number of hydrogen-bond acceptors (Lipinski definition) is 4. The molecular formula is C50H27N3O2. The van der Waals surface area contributed by atoms with Crippen LogP contribution in [-0.4, -0.2) is 14.5 Å². The quantitative estimate of drug-likeness (QED) is 0.168. The first-order valence-corrected chi connectivity index (χ1v) is 18.6. The molecule has 9 aromatic carbocycles. The molecule has 0 atom stereocenters. The summed E-state index contributed by atoms with van der Waals surface area (Å²) in [6.07, 6.45) is 0. The summed E-state index contributed by atoms with van der Waals surface area (Å²) in [5, 5.41) is 15.1. The highest BCUT2D eigenvalue weighted by Crippen LogP contribution is 2.46. The molecule has 0 aliphatic rings. The highest BCUT2D eigenvalue weighted by Gasteiger charge is 2.26. The van der Waals surface area contributed by atoms with Crippen LogP contribution < -0.4 is 0 Å². The Morgan fingerprint density at radius 1 is 0.382 bits per heavy atom. The number of para-hydroxylation sites is 2. The van der Waals surface area contributed by atoms with E-state index in [4.69, 9.17) is 18.8 Å². The van der Waals surface area contributed by atoms with Crippen LogP contribution >= 0.6 is 0 Å². The second-order valence-corrected chi connectivity index (χ2v) is 14.5. The Bertz CT molecular complexity index is 3760. The number of nitrogens with zero attached hydrogens (tertiary/aromatic N) is 3. The van der Waals surface area contributed by atoms with Gasteiger partial charge in [-0.3, -0.25) is 4.57 Å². The van der Waals surface area contributed by atoms with Crippen LogP contribution in [0.5, 0.6) is 0 Å². The highest BCUT2D eigenvalue weighted by molar-refractivity contribution is 6.36. The van der Waals surface area contributed by atoms with E-state index in [1.165, 1.54) is 43.1 Å². The molecule has 0 aliphatic heterocycles. The zero-order valence-corrected chi connectivity index (χ0v) is 29.2. The second-order valence-electron chi connectivity index (χ2n) is 14.5. The first kappa shape index (κ1) is 29.0. The minimum absolute atomic E-state index is 0.499. The fraction of sp³-hybridized carbons (Fsp3) is 0. The minimum Gasteiger partial charge on any atom is -0.456 e. The van der Waals surface area contributed by atoms with Gasteiger partial charge in [0.25, 0.3) is 0 Å². The summed E-state index contributed by atoms with van der Waals surface area (Å²) in [5.74, 6) is 0.733. The van der Waals surface area contributed by atoms with E-state index in [-0.39, 0.29) is 0 Å². The Labute approximate surface area is 312 Å². The lowest BCUT2D eigenvalue weighted by atomic mass is 9.91. The standard InChI is InChI=1S/C50H27N3O2/c1-2-13-29-27-40-38(26-28(29)12-1)46-39(25-24-34-32-16-4-3-14-30(32)31-15-5-6-17-33(31)45(34)46)53(40)49-47(52-50-48(51-49)36-19-8-10-22-42(36)55-50)37-20-11-23-43-44(37)35-18-7-9-21-41(35)54-43/h1-27H. The molecule has 0 unspecified atom stereocenters. The molecule has 0 radical (unpaired) electrons. The molecule has 13 aromatic rings. The molecule has 5 nitrogen and oxygen atoms in total. The van der Waals surface area contributed by atoms with Crippen LogP contribution in [0.2, 0.25) is 0 Å². The third-order valence-electron chi connectivity index (χ3n) is 11.6. The lowest BCUT2D eigenvalue weighted by Gasteiger charge is -2.14. The summed E-state index contributed by atoms with van der Waals surface area (Å²) in [6.45, 7) is 0. The third kappa shape index (κ3) is 3.86. The molecule has 0 saturated heterocycles. The van der Waals surface area contributed by atoms with Gasteiger partial charge in [0.05, 0.1) is 11.0 Å². The number of furan rings is 2. The van der Waals surface area contributed by atoms with Crippen molar-refractivity contribution in [1.82, 2.24) is 14.5 Å².